The highest BCUT2D eigenvalue weighted by Crippen LogP contribution is 2.40. The maximum absolute atomic E-state index is 13.1. The van der Waals surface area contributed by atoms with Gasteiger partial charge < -0.3 is 20.0 Å². The third-order valence-corrected chi connectivity index (χ3v) is 6.38. The normalized spacial score (nSPS) is 20.1. The topological polar surface area (TPSA) is 81.1 Å². The molecule has 6 nitrogen and oxygen atoms in total. The van der Waals surface area contributed by atoms with Crippen LogP contribution < -0.4 is 0 Å². The minimum atomic E-state index is -0.686. The Labute approximate surface area is 188 Å². The van der Waals surface area contributed by atoms with Gasteiger partial charge in [0.2, 0.25) is 0 Å². The number of amides is 1. The molecule has 4 rings (SSSR count). The Morgan fingerprint density at radius 3 is 2.41 bits per heavy atom. The zero-order valence-corrected chi connectivity index (χ0v) is 18.7. The lowest BCUT2D eigenvalue weighted by molar-refractivity contribution is -0.139. The van der Waals surface area contributed by atoms with Crippen LogP contribution in [0.15, 0.2) is 48.0 Å². The van der Waals surface area contributed by atoms with Crippen molar-refractivity contribution in [2.24, 2.45) is 0 Å². The molecule has 2 N–H and O–H groups in total. The van der Waals surface area contributed by atoms with Crippen LogP contribution in [-0.4, -0.2) is 58.9 Å². The van der Waals surface area contributed by atoms with Crippen molar-refractivity contribution < 1.29 is 19.8 Å². The van der Waals surface area contributed by atoms with Gasteiger partial charge in [-0.25, -0.2) is 0 Å². The van der Waals surface area contributed by atoms with E-state index in [1.54, 1.807) is 17.0 Å². The standard InChI is InChI=1S/C26H30N2O4/c1-27(2)14-5-15-28-23(18-10-12-21(29)13-11-18)22(25(31)26(28)32)24(30)20-9-8-17-6-3-4-7-19(17)16-20/h8-13,16,23,29-30H,3-7,14-15H2,1-2H3/b24-22-. The first kappa shape index (κ1) is 22.1. The fraction of sp³-hybridized carbons (Fsp3) is 0.385. The number of benzene rings is 2. The number of hydrogen-bond donors (Lipinski definition) is 2. The molecule has 1 amide bonds. The second-order valence-corrected chi connectivity index (χ2v) is 8.93. The third kappa shape index (κ3) is 4.28. The molecule has 1 aliphatic heterocycles. The van der Waals surface area contributed by atoms with Gasteiger partial charge in [0.25, 0.3) is 11.7 Å². The number of aromatic hydroxyl groups is 1. The van der Waals surface area contributed by atoms with Gasteiger partial charge in [0.1, 0.15) is 11.5 Å². The fourth-order valence-electron chi connectivity index (χ4n) is 4.71. The number of phenols is 1. The third-order valence-electron chi connectivity index (χ3n) is 6.38. The van der Waals surface area contributed by atoms with Crippen molar-refractivity contribution >= 4 is 17.4 Å². The molecule has 1 heterocycles. The molecule has 0 aromatic heterocycles. The van der Waals surface area contributed by atoms with Gasteiger partial charge in [0.05, 0.1) is 11.6 Å². The number of nitrogens with zero attached hydrogens (tertiary/aromatic N) is 2. The molecule has 32 heavy (non-hydrogen) atoms. The number of aryl methyl sites for hydroxylation is 2. The first-order valence-corrected chi connectivity index (χ1v) is 11.2. The molecule has 2 aromatic rings. The SMILES string of the molecule is CN(C)CCCN1C(=O)C(=O)/C(=C(\O)c2ccc3c(c2)CCCC3)C1c1ccc(O)cc1. The van der Waals surface area contributed by atoms with Crippen LogP contribution in [0.25, 0.3) is 5.76 Å². The molecule has 1 atom stereocenters. The molecule has 6 heteroatoms. The number of phenolic OH excluding ortho intramolecular Hbond substituents is 1. The monoisotopic (exact) mass is 434 g/mol. The maximum Gasteiger partial charge on any atom is 0.295 e. The van der Waals surface area contributed by atoms with Gasteiger partial charge in [-0.05, 0) is 87.6 Å². The molecule has 2 aliphatic rings. The minimum Gasteiger partial charge on any atom is -0.508 e. The molecule has 1 saturated heterocycles. The molecule has 0 bridgehead atoms. The Morgan fingerprint density at radius 2 is 1.72 bits per heavy atom. The van der Waals surface area contributed by atoms with Crippen LogP contribution in [0.2, 0.25) is 0 Å². The van der Waals surface area contributed by atoms with Gasteiger partial charge in [-0.1, -0.05) is 24.3 Å². The number of likely N-dealkylation sites (tertiary alicyclic amines) is 1. The Bertz CT molecular complexity index is 1060. The quantitative estimate of drug-likeness (QED) is 0.412. The van der Waals surface area contributed by atoms with E-state index >= 15 is 0 Å². The van der Waals surface area contributed by atoms with E-state index < -0.39 is 17.7 Å². The highest BCUT2D eigenvalue weighted by Gasteiger charge is 2.45. The molecule has 0 saturated carbocycles. The summed E-state index contributed by atoms with van der Waals surface area (Å²) < 4.78 is 0. The van der Waals surface area contributed by atoms with Gasteiger partial charge in [-0.15, -0.1) is 0 Å². The molecule has 2 aromatic carbocycles. The minimum absolute atomic E-state index is 0.105. The summed E-state index contributed by atoms with van der Waals surface area (Å²) in [5.74, 6) is -1.29. The van der Waals surface area contributed by atoms with E-state index in [1.807, 2.05) is 37.2 Å². The molecule has 1 fully saturated rings. The number of fused-ring (bicyclic) bond motifs is 1. The number of hydrogen-bond acceptors (Lipinski definition) is 5. The molecule has 168 valence electrons. The summed E-state index contributed by atoms with van der Waals surface area (Å²) in [6.07, 6.45) is 4.96. The summed E-state index contributed by atoms with van der Waals surface area (Å²) in [6, 6.07) is 11.6. The Balaban J connectivity index is 1.77. The second-order valence-electron chi connectivity index (χ2n) is 8.93. The van der Waals surface area contributed by atoms with Crippen molar-refractivity contribution in [1.82, 2.24) is 9.80 Å². The molecule has 0 spiro atoms. The van der Waals surface area contributed by atoms with Crippen LogP contribution in [0.1, 0.15) is 47.6 Å². The summed E-state index contributed by atoms with van der Waals surface area (Å²) >= 11 is 0. The number of Topliss-reactive ketones (excluding diaryl/α,β-unsaturated/α-hetero) is 1. The number of carbonyl (C=O) groups excluding carboxylic acids is 2. The van der Waals surface area contributed by atoms with E-state index in [9.17, 15) is 19.8 Å². The number of aliphatic hydroxyl groups excluding tert-OH is 1. The summed E-state index contributed by atoms with van der Waals surface area (Å²) in [7, 11) is 3.92. The largest absolute Gasteiger partial charge is 0.508 e. The van der Waals surface area contributed by atoms with Gasteiger partial charge in [0.15, 0.2) is 0 Å². The van der Waals surface area contributed by atoms with Gasteiger partial charge in [-0.3, -0.25) is 9.59 Å². The van der Waals surface area contributed by atoms with Crippen LogP contribution >= 0.6 is 0 Å². The Kier molecular flexibility index (Phi) is 6.33. The van der Waals surface area contributed by atoms with E-state index in [0.717, 1.165) is 32.2 Å². The maximum atomic E-state index is 13.1. The summed E-state index contributed by atoms with van der Waals surface area (Å²) in [5.41, 5.74) is 3.85. The zero-order valence-electron chi connectivity index (χ0n) is 18.7. The lowest BCUT2D eigenvalue weighted by Gasteiger charge is -2.26. The van der Waals surface area contributed by atoms with E-state index in [0.29, 0.717) is 24.1 Å². The molecule has 1 aliphatic carbocycles. The van der Waals surface area contributed by atoms with Crippen molar-refractivity contribution in [1.29, 1.82) is 0 Å². The van der Waals surface area contributed by atoms with Crippen LogP contribution in [0, 0.1) is 0 Å². The first-order chi connectivity index (χ1) is 15.4. The first-order valence-electron chi connectivity index (χ1n) is 11.2. The molecule has 1 unspecified atom stereocenters. The predicted octanol–water partition coefficient (Wildman–Crippen LogP) is 3.64. The van der Waals surface area contributed by atoms with Crippen LogP contribution in [-0.2, 0) is 22.4 Å². The van der Waals surface area contributed by atoms with Crippen molar-refractivity contribution in [3.63, 3.8) is 0 Å². The lowest BCUT2D eigenvalue weighted by Crippen LogP contribution is -2.32. The second kappa shape index (κ2) is 9.17. The van der Waals surface area contributed by atoms with Gasteiger partial charge >= 0.3 is 0 Å². The molecular weight excluding hydrogens is 404 g/mol. The summed E-state index contributed by atoms with van der Waals surface area (Å²) in [4.78, 5) is 29.6. The molecule has 0 radical (unpaired) electrons. The Morgan fingerprint density at radius 1 is 1.03 bits per heavy atom. The van der Waals surface area contributed by atoms with E-state index in [-0.39, 0.29) is 17.1 Å². The van der Waals surface area contributed by atoms with Crippen LogP contribution in [0.4, 0.5) is 0 Å². The smallest absolute Gasteiger partial charge is 0.295 e. The van der Waals surface area contributed by atoms with Gasteiger partial charge in [-0.2, -0.15) is 0 Å². The van der Waals surface area contributed by atoms with Crippen molar-refractivity contribution in [3.05, 3.63) is 70.3 Å². The van der Waals surface area contributed by atoms with E-state index in [1.165, 1.54) is 23.3 Å². The number of aliphatic hydroxyl groups is 1. The Hall–Kier alpha value is -3.12. The fourth-order valence-corrected chi connectivity index (χ4v) is 4.71. The van der Waals surface area contributed by atoms with E-state index in [2.05, 4.69) is 0 Å². The summed E-state index contributed by atoms with van der Waals surface area (Å²) in [6.45, 7) is 1.17. The van der Waals surface area contributed by atoms with Gasteiger partial charge in [0, 0.05) is 12.1 Å². The average Bonchev–Trinajstić information content (AvgIpc) is 3.03. The van der Waals surface area contributed by atoms with Crippen molar-refractivity contribution in [2.75, 3.05) is 27.2 Å². The number of rotatable bonds is 6. The van der Waals surface area contributed by atoms with E-state index in [4.69, 9.17) is 0 Å². The molecular formula is C26H30N2O4. The average molecular weight is 435 g/mol. The van der Waals surface area contributed by atoms with Crippen molar-refractivity contribution in [3.8, 4) is 5.75 Å². The van der Waals surface area contributed by atoms with Crippen molar-refractivity contribution in [2.45, 2.75) is 38.1 Å². The number of carbonyl (C=O) groups is 2. The highest BCUT2D eigenvalue weighted by molar-refractivity contribution is 6.46. The zero-order chi connectivity index (χ0) is 22.8. The lowest BCUT2D eigenvalue weighted by atomic mass is 9.88. The summed E-state index contributed by atoms with van der Waals surface area (Å²) in [5, 5.41) is 21.0. The highest BCUT2D eigenvalue weighted by atomic mass is 16.3. The predicted molar refractivity (Wildman–Crippen MR) is 123 cm³/mol. The van der Waals surface area contributed by atoms with Crippen LogP contribution in [0.3, 0.4) is 0 Å². The number of ketones is 1. The van der Waals surface area contributed by atoms with Crippen LogP contribution in [0.5, 0.6) is 5.75 Å².